The lowest BCUT2D eigenvalue weighted by atomic mass is 10.1. The van der Waals surface area contributed by atoms with E-state index in [1.165, 1.54) is 0 Å². The smallest absolute Gasteiger partial charge is 0.132 e. The van der Waals surface area contributed by atoms with Crippen LogP contribution >= 0.6 is 7.80 Å². The summed E-state index contributed by atoms with van der Waals surface area (Å²) in [7, 11) is -1.92. The first-order valence-electron chi connectivity index (χ1n) is 5.94. The highest BCUT2D eigenvalue weighted by Crippen LogP contribution is 2.24. The van der Waals surface area contributed by atoms with Crippen molar-refractivity contribution >= 4 is 29.2 Å². The van der Waals surface area contributed by atoms with Crippen molar-refractivity contribution in [3.05, 3.63) is 72.8 Å². The monoisotopic (exact) mass is 252 g/mol. The van der Waals surface area contributed by atoms with Crippen LogP contribution < -0.4 is 10.6 Å². The average molecular weight is 252 g/mol. The van der Waals surface area contributed by atoms with Crippen LogP contribution in [0.15, 0.2) is 72.8 Å². The van der Waals surface area contributed by atoms with Gasteiger partial charge in [-0.2, -0.15) is 0 Å². The molecule has 1 unspecified atom stereocenters. The van der Waals surface area contributed by atoms with E-state index in [1.54, 1.807) is 0 Å². The highest BCUT2D eigenvalue weighted by molar-refractivity contribution is 7.62. The normalized spacial score (nSPS) is 12.4. The number of hydrogen-bond acceptors (Lipinski definition) is 1. The van der Waals surface area contributed by atoms with Gasteiger partial charge in [0.1, 0.15) is 7.80 Å². The topological polar surface area (TPSA) is 17.1 Å². The van der Waals surface area contributed by atoms with Crippen molar-refractivity contribution in [1.29, 1.82) is 0 Å². The molecule has 0 radical (unpaired) electrons. The molecule has 0 fully saturated rings. The van der Waals surface area contributed by atoms with E-state index in [2.05, 4.69) is 12.1 Å². The molecule has 0 aromatic heterocycles. The van der Waals surface area contributed by atoms with E-state index in [-0.39, 0.29) is 0 Å². The summed E-state index contributed by atoms with van der Waals surface area (Å²) in [6.45, 7) is 0. The van der Waals surface area contributed by atoms with Gasteiger partial charge in [0, 0.05) is 10.6 Å². The van der Waals surface area contributed by atoms with Gasteiger partial charge in [-0.05, 0) is 10.8 Å². The minimum atomic E-state index is -1.92. The molecule has 3 rings (SSSR count). The molecule has 2 heteroatoms. The minimum absolute atomic E-state index is 0.916. The molecule has 0 aliphatic heterocycles. The third-order valence-corrected chi connectivity index (χ3v) is 4.85. The largest absolute Gasteiger partial charge is 0.317 e. The predicted octanol–water partition coefficient (Wildman–Crippen LogP) is 3.35. The summed E-state index contributed by atoms with van der Waals surface area (Å²) in [4.78, 5) is 0. The Morgan fingerprint density at radius 3 is 2.17 bits per heavy atom. The van der Waals surface area contributed by atoms with Gasteiger partial charge in [0.25, 0.3) is 0 Å². The maximum Gasteiger partial charge on any atom is 0.132 e. The van der Waals surface area contributed by atoms with Gasteiger partial charge in [0.2, 0.25) is 0 Å². The molecular formula is C16H13OP. The Morgan fingerprint density at radius 1 is 0.667 bits per heavy atom. The molecule has 0 saturated carbocycles. The highest BCUT2D eigenvalue weighted by atomic mass is 31.1. The fraction of sp³-hybridized carbons (Fsp3) is 0. The molecule has 3 aromatic rings. The molecular weight excluding hydrogens is 239 g/mol. The van der Waals surface area contributed by atoms with Crippen molar-refractivity contribution in [2.45, 2.75) is 0 Å². The molecule has 18 heavy (non-hydrogen) atoms. The fourth-order valence-corrected chi connectivity index (χ4v) is 3.69. The summed E-state index contributed by atoms with van der Waals surface area (Å²) in [5, 5.41) is 4.10. The third kappa shape index (κ3) is 1.98. The van der Waals surface area contributed by atoms with Gasteiger partial charge in [0.05, 0.1) is 0 Å². The van der Waals surface area contributed by atoms with Gasteiger partial charge >= 0.3 is 0 Å². The van der Waals surface area contributed by atoms with Gasteiger partial charge < -0.3 is 4.57 Å². The zero-order valence-electron chi connectivity index (χ0n) is 9.84. The first kappa shape index (κ1) is 11.3. The van der Waals surface area contributed by atoms with Gasteiger partial charge in [-0.15, -0.1) is 0 Å². The maximum absolute atomic E-state index is 12.6. The zero-order valence-corrected chi connectivity index (χ0v) is 10.8. The van der Waals surface area contributed by atoms with Crippen molar-refractivity contribution in [2.75, 3.05) is 0 Å². The van der Waals surface area contributed by atoms with Crippen LogP contribution in [0, 0.1) is 0 Å². The average Bonchev–Trinajstić information content (AvgIpc) is 2.47. The number of rotatable bonds is 2. The number of hydrogen-bond donors (Lipinski definition) is 0. The van der Waals surface area contributed by atoms with Crippen molar-refractivity contribution in [1.82, 2.24) is 0 Å². The standard InChI is InChI=1S/C16H13OP/c17-18(14-9-2-1-3-10-14)16-12-6-8-13-7-4-5-11-15(13)16/h1-12,18H. The second kappa shape index (κ2) is 4.80. The minimum Gasteiger partial charge on any atom is -0.317 e. The SMILES string of the molecule is O=[PH](c1ccccc1)c1cccc2ccccc12. The molecule has 88 valence electrons. The van der Waals surface area contributed by atoms with Gasteiger partial charge in [-0.1, -0.05) is 72.8 Å². The molecule has 0 N–H and O–H groups in total. The Morgan fingerprint density at radius 2 is 1.33 bits per heavy atom. The quantitative estimate of drug-likeness (QED) is 0.639. The van der Waals surface area contributed by atoms with E-state index in [4.69, 9.17) is 0 Å². The Labute approximate surface area is 107 Å². The van der Waals surface area contributed by atoms with E-state index in [0.717, 1.165) is 21.4 Å². The summed E-state index contributed by atoms with van der Waals surface area (Å²) in [5.74, 6) is 0. The van der Waals surface area contributed by atoms with E-state index >= 15 is 0 Å². The van der Waals surface area contributed by atoms with E-state index in [1.807, 2.05) is 60.7 Å². The van der Waals surface area contributed by atoms with Crippen LogP contribution in [0.2, 0.25) is 0 Å². The maximum atomic E-state index is 12.6. The fourth-order valence-electron chi connectivity index (χ4n) is 2.17. The summed E-state index contributed by atoms with van der Waals surface area (Å²) >= 11 is 0. The lowest BCUT2D eigenvalue weighted by molar-refractivity contribution is 0.598. The van der Waals surface area contributed by atoms with Crippen molar-refractivity contribution in [2.24, 2.45) is 0 Å². The Bertz CT molecular complexity index is 699. The van der Waals surface area contributed by atoms with Crippen LogP contribution in [0.4, 0.5) is 0 Å². The Hall–Kier alpha value is -1.85. The van der Waals surface area contributed by atoms with Crippen LogP contribution in [-0.2, 0) is 4.57 Å². The molecule has 0 aliphatic rings. The predicted molar refractivity (Wildman–Crippen MR) is 78.7 cm³/mol. The number of benzene rings is 3. The van der Waals surface area contributed by atoms with Crippen molar-refractivity contribution in [3.63, 3.8) is 0 Å². The molecule has 0 heterocycles. The van der Waals surface area contributed by atoms with Crippen LogP contribution in [-0.4, -0.2) is 0 Å². The molecule has 3 aromatic carbocycles. The molecule has 0 saturated heterocycles. The molecule has 0 bridgehead atoms. The van der Waals surface area contributed by atoms with Gasteiger partial charge in [-0.25, -0.2) is 0 Å². The Balaban J connectivity index is 2.18. The summed E-state index contributed by atoms with van der Waals surface area (Å²) < 4.78 is 12.6. The molecule has 0 amide bonds. The van der Waals surface area contributed by atoms with E-state index in [0.29, 0.717) is 0 Å². The van der Waals surface area contributed by atoms with Crippen LogP contribution in [0.1, 0.15) is 0 Å². The third-order valence-electron chi connectivity index (χ3n) is 3.07. The van der Waals surface area contributed by atoms with Gasteiger partial charge in [-0.3, -0.25) is 0 Å². The summed E-state index contributed by atoms with van der Waals surface area (Å²) in [6, 6.07) is 23.8. The molecule has 1 nitrogen and oxygen atoms in total. The van der Waals surface area contributed by atoms with E-state index < -0.39 is 7.80 Å². The molecule has 1 atom stereocenters. The van der Waals surface area contributed by atoms with Crippen LogP contribution in [0.3, 0.4) is 0 Å². The lowest BCUT2D eigenvalue weighted by Crippen LogP contribution is -2.07. The summed E-state index contributed by atoms with van der Waals surface area (Å²) in [5.41, 5.74) is 0. The second-order valence-electron chi connectivity index (χ2n) is 4.22. The van der Waals surface area contributed by atoms with Crippen molar-refractivity contribution in [3.8, 4) is 0 Å². The lowest BCUT2D eigenvalue weighted by Gasteiger charge is -2.06. The molecule has 0 spiro atoms. The van der Waals surface area contributed by atoms with Crippen LogP contribution in [0.5, 0.6) is 0 Å². The first-order valence-corrected chi connectivity index (χ1v) is 7.34. The number of fused-ring (bicyclic) bond motifs is 1. The zero-order chi connectivity index (χ0) is 12.4. The first-order chi connectivity index (χ1) is 8.86. The molecule has 0 aliphatic carbocycles. The highest BCUT2D eigenvalue weighted by Gasteiger charge is 2.09. The Kier molecular flexibility index (Phi) is 3.00. The van der Waals surface area contributed by atoms with Crippen molar-refractivity contribution < 1.29 is 4.57 Å². The summed E-state index contributed by atoms with van der Waals surface area (Å²) in [6.07, 6.45) is 0. The van der Waals surface area contributed by atoms with Crippen LogP contribution in [0.25, 0.3) is 10.8 Å². The second-order valence-corrected chi connectivity index (χ2v) is 6.00. The van der Waals surface area contributed by atoms with Gasteiger partial charge in [0.15, 0.2) is 0 Å². The van der Waals surface area contributed by atoms with E-state index in [9.17, 15) is 4.57 Å².